The van der Waals surface area contributed by atoms with Crippen LogP contribution in [0.4, 0.5) is 0 Å². The van der Waals surface area contributed by atoms with Gasteiger partial charge in [0.1, 0.15) is 11.5 Å². The van der Waals surface area contributed by atoms with Crippen LogP contribution >= 0.6 is 0 Å². The third kappa shape index (κ3) is 4.08. The van der Waals surface area contributed by atoms with E-state index in [1.807, 2.05) is 24.3 Å². The standard InChI is InChI=1S/C12H19NO3/c1-12(14,9-13)7-8-16-11-5-3-10(15-2)4-6-11/h3-6,14H,7-9,13H2,1-2H3. The smallest absolute Gasteiger partial charge is 0.119 e. The maximum Gasteiger partial charge on any atom is 0.119 e. The second-order valence-corrected chi connectivity index (χ2v) is 3.98. The normalized spacial score (nSPS) is 14.2. The highest BCUT2D eigenvalue weighted by Crippen LogP contribution is 2.17. The molecular formula is C12H19NO3. The summed E-state index contributed by atoms with van der Waals surface area (Å²) >= 11 is 0. The van der Waals surface area contributed by atoms with Gasteiger partial charge in [0.25, 0.3) is 0 Å². The van der Waals surface area contributed by atoms with Gasteiger partial charge in [-0.05, 0) is 31.2 Å². The molecule has 90 valence electrons. The third-order valence-corrected chi connectivity index (χ3v) is 2.41. The number of nitrogens with two attached hydrogens (primary N) is 1. The summed E-state index contributed by atoms with van der Waals surface area (Å²) in [5, 5.41) is 9.66. The topological polar surface area (TPSA) is 64.7 Å². The Hall–Kier alpha value is -1.26. The predicted molar refractivity (Wildman–Crippen MR) is 62.8 cm³/mol. The molecule has 0 aliphatic carbocycles. The lowest BCUT2D eigenvalue weighted by molar-refractivity contribution is 0.0453. The fraction of sp³-hybridized carbons (Fsp3) is 0.500. The first-order chi connectivity index (χ1) is 7.57. The van der Waals surface area contributed by atoms with Crippen LogP contribution in [0.2, 0.25) is 0 Å². The Kier molecular flexibility index (Phi) is 4.58. The summed E-state index contributed by atoms with van der Waals surface area (Å²) in [6.07, 6.45) is 0.509. The molecule has 1 aromatic rings. The minimum absolute atomic E-state index is 0.235. The molecule has 0 saturated carbocycles. The largest absolute Gasteiger partial charge is 0.497 e. The Labute approximate surface area is 96.0 Å². The minimum Gasteiger partial charge on any atom is -0.497 e. The van der Waals surface area contributed by atoms with Crippen molar-refractivity contribution in [2.24, 2.45) is 5.73 Å². The summed E-state index contributed by atoms with van der Waals surface area (Å²) in [5.74, 6) is 1.55. The van der Waals surface area contributed by atoms with Gasteiger partial charge in [0.05, 0.1) is 19.3 Å². The quantitative estimate of drug-likeness (QED) is 0.763. The molecule has 0 radical (unpaired) electrons. The summed E-state index contributed by atoms with van der Waals surface area (Å²) in [5.41, 5.74) is 4.55. The fourth-order valence-electron chi connectivity index (χ4n) is 1.16. The molecular weight excluding hydrogens is 206 g/mol. The molecule has 0 amide bonds. The van der Waals surface area contributed by atoms with Crippen molar-refractivity contribution < 1.29 is 14.6 Å². The third-order valence-electron chi connectivity index (χ3n) is 2.41. The van der Waals surface area contributed by atoms with Gasteiger partial charge in [0.2, 0.25) is 0 Å². The summed E-state index contributed by atoms with van der Waals surface area (Å²) < 4.78 is 10.5. The molecule has 0 fully saturated rings. The molecule has 1 atom stereocenters. The summed E-state index contributed by atoms with van der Waals surface area (Å²) in [6, 6.07) is 7.32. The Morgan fingerprint density at radius 2 is 1.81 bits per heavy atom. The highest BCUT2D eigenvalue weighted by Gasteiger charge is 2.17. The molecule has 1 unspecified atom stereocenters. The molecule has 3 N–H and O–H groups in total. The van der Waals surface area contributed by atoms with E-state index in [-0.39, 0.29) is 6.54 Å². The van der Waals surface area contributed by atoms with Crippen LogP contribution in [0.1, 0.15) is 13.3 Å². The van der Waals surface area contributed by atoms with Crippen LogP contribution in [0.5, 0.6) is 11.5 Å². The van der Waals surface area contributed by atoms with Gasteiger partial charge >= 0.3 is 0 Å². The van der Waals surface area contributed by atoms with Gasteiger partial charge in [-0.3, -0.25) is 0 Å². The van der Waals surface area contributed by atoms with Crippen molar-refractivity contribution in [2.45, 2.75) is 18.9 Å². The predicted octanol–water partition coefficient (Wildman–Crippen LogP) is 1.17. The number of hydrogen-bond acceptors (Lipinski definition) is 4. The lowest BCUT2D eigenvalue weighted by Gasteiger charge is -2.20. The van der Waals surface area contributed by atoms with Crippen LogP contribution in [0.25, 0.3) is 0 Å². The van der Waals surface area contributed by atoms with Crippen LogP contribution in [0, 0.1) is 0 Å². The van der Waals surface area contributed by atoms with Crippen LogP contribution in [-0.2, 0) is 0 Å². The minimum atomic E-state index is -0.855. The maximum absolute atomic E-state index is 9.66. The van der Waals surface area contributed by atoms with E-state index in [4.69, 9.17) is 15.2 Å². The highest BCUT2D eigenvalue weighted by atomic mass is 16.5. The van der Waals surface area contributed by atoms with Crippen molar-refractivity contribution in [3.8, 4) is 11.5 Å². The van der Waals surface area contributed by atoms with E-state index in [1.54, 1.807) is 14.0 Å². The zero-order valence-electron chi connectivity index (χ0n) is 9.77. The molecule has 0 heterocycles. The van der Waals surface area contributed by atoms with Crippen molar-refractivity contribution in [3.05, 3.63) is 24.3 Å². The first-order valence-corrected chi connectivity index (χ1v) is 5.27. The van der Waals surface area contributed by atoms with Gasteiger partial charge in [0.15, 0.2) is 0 Å². The first kappa shape index (κ1) is 12.8. The Bertz CT molecular complexity index is 309. The molecule has 0 bridgehead atoms. The molecule has 0 aliphatic heterocycles. The van der Waals surface area contributed by atoms with E-state index < -0.39 is 5.60 Å². The number of aliphatic hydroxyl groups is 1. The van der Waals surface area contributed by atoms with E-state index in [9.17, 15) is 5.11 Å². The van der Waals surface area contributed by atoms with Gasteiger partial charge < -0.3 is 20.3 Å². The lowest BCUT2D eigenvalue weighted by Crippen LogP contribution is -2.35. The van der Waals surface area contributed by atoms with E-state index in [0.29, 0.717) is 13.0 Å². The van der Waals surface area contributed by atoms with Gasteiger partial charge in [-0.25, -0.2) is 0 Å². The Morgan fingerprint density at radius 1 is 1.25 bits per heavy atom. The maximum atomic E-state index is 9.66. The second-order valence-electron chi connectivity index (χ2n) is 3.98. The van der Waals surface area contributed by atoms with Crippen LogP contribution < -0.4 is 15.2 Å². The number of methoxy groups -OCH3 is 1. The van der Waals surface area contributed by atoms with Crippen LogP contribution in [0.15, 0.2) is 24.3 Å². The average molecular weight is 225 g/mol. The van der Waals surface area contributed by atoms with Crippen LogP contribution in [-0.4, -0.2) is 31.0 Å². The second kappa shape index (κ2) is 5.72. The van der Waals surface area contributed by atoms with Crippen LogP contribution in [0.3, 0.4) is 0 Å². The van der Waals surface area contributed by atoms with Gasteiger partial charge in [-0.15, -0.1) is 0 Å². The lowest BCUT2D eigenvalue weighted by atomic mass is 10.0. The molecule has 4 heteroatoms. The van der Waals surface area contributed by atoms with Crippen molar-refractivity contribution >= 4 is 0 Å². The Morgan fingerprint density at radius 3 is 2.31 bits per heavy atom. The summed E-state index contributed by atoms with van der Waals surface area (Å²) in [4.78, 5) is 0. The van der Waals surface area contributed by atoms with Crippen molar-refractivity contribution in [1.82, 2.24) is 0 Å². The molecule has 4 nitrogen and oxygen atoms in total. The summed E-state index contributed by atoms with van der Waals surface area (Å²) in [6.45, 7) is 2.37. The molecule has 0 spiro atoms. The zero-order chi connectivity index (χ0) is 12.0. The van der Waals surface area contributed by atoms with E-state index in [1.165, 1.54) is 0 Å². The monoisotopic (exact) mass is 225 g/mol. The zero-order valence-corrected chi connectivity index (χ0v) is 9.77. The van der Waals surface area contributed by atoms with E-state index in [2.05, 4.69) is 0 Å². The molecule has 1 aromatic carbocycles. The molecule has 0 aromatic heterocycles. The van der Waals surface area contributed by atoms with Gasteiger partial charge in [-0.2, -0.15) is 0 Å². The molecule has 0 aliphatic rings. The van der Waals surface area contributed by atoms with Crippen molar-refractivity contribution in [3.63, 3.8) is 0 Å². The molecule has 0 saturated heterocycles. The van der Waals surface area contributed by atoms with Gasteiger partial charge in [0, 0.05) is 13.0 Å². The number of benzene rings is 1. The molecule has 16 heavy (non-hydrogen) atoms. The fourth-order valence-corrected chi connectivity index (χ4v) is 1.16. The first-order valence-electron chi connectivity index (χ1n) is 5.27. The average Bonchev–Trinajstić information content (AvgIpc) is 2.30. The van der Waals surface area contributed by atoms with Crippen molar-refractivity contribution in [1.29, 1.82) is 0 Å². The highest BCUT2D eigenvalue weighted by molar-refractivity contribution is 5.31. The number of ether oxygens (including phenoxy) is 2. The van der Waals surface area contributed by atoms with Gasteiger partial charge in [-0.1, -0.05) is 0 Å². The van der Waals surface area contributed by atoms with Crippen molar-refractivity contribution in [2.75, 3.05) is 20.3 Å². The van der Waals surface area contributed by atoms with E-state index >= 15 is 0 Å². The Balaban J connectivity index is 2.37. The van der Waals surface area contributed by atoms with E-state index in [0.717, 1.165) is 11.5 Å². The molecule has 1 rings (SSSR count). The number of hydrogen-bond donors (Lipinski definition) is 2. The SMILES string of the molecule is COc1ccc(OCCC(C)(O)CN)cc1. The number of rotatable bonds is 6. The summed E-state index contributed by atoms with van der Waals surface area (Å²) in [7, 11) is 1.62.